The highest BCUT2D eigenvalue weighted by Gasteiger charge is 2.72. The molecule has 1 heterocycles. The Hall–Kier alpha value is -0.830. The monoisotopic (exact) mass is 453 g/mol. The molecule has 0 unspecified atom stereocenters. The molecule has 0 aromatic heterocycles. The number of nitrogens with zero attached hydrogens (tertiary/aromatic N) is 1. The number of unbranched alkanes of at least 4 members (excludes halogenated alkanes) is 3. The minimum absolute atomic E-state index is 0.0598. The van der Waals surface area contributed by atoms with E-state index in [-0.39, 0.29) is 23.5 Å². The van der Waals surface area contributed by atoms with Crippen molar-refractivity contribution >= 4 is 15.9 Å². The highest BCUT2D eigenvalue weighted by atomic mass is 32.2. The fourth-order valence-corrected chi connectivity index (χ4v) is 8.95. The van der Waals surface area contributed by atoms with Gasteiger partial charge in [0, 0.05) is 5.41 Å². The summed E-state index contributed by atoms with van der Waals surface area (Å²) in [6, 6.07) is -0.591. The van der Waals surface area contributed by atoms with Crippen LogP contribution in [0.25, 0.3) is 0 Å². The molecule has 0 aromatic rings. The molecule has 2 aliphatic carbocycles. The van der Waals surface area contributed by atoms with Crippen LogP contribution in [-0.2, 0) is 14.8 Å². The van der Waals surface area contributed by atoms with Gasteiger partial charge >= 0.3 is 6.18 Å². The molecule has 1 saturated heterocycles. The van der Waals surface area contributed by atoms with Gasteiger partial charge in [-0.2, -0.15) is 13.2 Å². The number of carbonyl (C=O) groups is 1. The lowest BCUT2D eigenvalue weighted by Crippen LogP contribution is -2.49. The summed E-state index contributed by atoms with van der Waals surface area (Å²) in [7, 11) is -4.02. The van der Waals surface area contributed by atoms with Gasteiger partial charge in [0.15, 0.2) is 0 Å². The van der Waals surface area contributed by atoms with Crippen molar-refractivity contribution in [3.63, 3.8) is 0 Å². The van der Waals surface area contributed by atoms with Gasteiger partial charge in [0.1, 0.15) is 0 Å². The summed E-state index contributed by atoms with van der Waals surface area (Å²) in [6.07, 6.45) is -2.47. The predicted octanol–water partition coefficient (Wildman–Crippen LogP) is 4.25. The molecule has 1 spiro atoms. The second-order valence-electron chi connectivity index (χ2n) is 10.1. The lowest BCUT2D eigenvalue weighted by atomic mass is 9.69. The summed E-state index contributed by atoms with van der Waals surface area (Å²) in [5.41, 5.74) is -0.876. The zero-order valence-corrected chi connectivity index (χ0v) is 18.9. The van der Waals surface area contributed by atoms with Gasteiger partial charge in [-0.05, 0) is 37.0 Å². The summed E-state index contributed by atoms with van der Waals surface area (Å²) in [4.78, 5) is 13.3. The Labute approximate surface area is 177 Å². The first-order valence-electron chi connectivity index (χ1n) is 11.1. The van der Waals surface area contributed by atoms with Gasteiger partial charge in [-0.15, -0.1) is 0 Å². The third kappa shape index (κ3) is 3.89. The Balaban J connectivity index is 1.86. The molecule has 30 heavy (non-hydrogen) atoms. The van der Waals surface area contributed by atoms with Gasteiger partial charge in [0.2, 0.25) is 15.9 Å². The number of hydrogen-bond donors (Lipinski definition) is 1. The fraction of sp³-hybridized carbons (Fsp3) is 0.952. The van der Waals surface area contributed by atoms with Gasteiger partial charge in [0.25, 0.3) is 0 Å². The summed E-state index contributed by atoms with van der Waals surface area (Å²) < 4.78 is 66.6. The third-order valence-corrected chi connectivity index (χ3v) is 10.1. The van der Waals surface area contributed by atoms with Crippen LogP contribution in [0.1, 0.15) is 78.6 Å². The van der Waals surface area contributed by atoms with Crippen molar-refractivity contribution in [1.29, 1.82) is 0 Å². The summed E-state index contributed by atoms with van der Waals surface area (Å²) in [5, 5.41) is 10.5. The summed E-state index contributed by atoms with van der Waals surface area (Å²) in [5.74, 6) is -2.78. The topological polar surface area (TPSA) is 74.7 Å². The Kier molecular flexibility index (Phi) is 6.31. The van der Waals surface area contributed by atoms with Crippen molar-refractivity contribution < 1.29 is 31.5 Å². The number of amides is 1. The van der Waals surface area contributed by atoms with E-state index in [2.05, 4.69) is 0 Å². The molecule has 1 amide bonds. The van der Waals surface area contributed by atoms with Crippen LogP contribution in [0.5, 0.6) is 0 Å². The molecule has 5 nitrogen and oxygen atoms in total. The van der Waals surface area contributed by atoms with Crippen molar-refractivity contribution in [2.75, 3.05) is 5.75 Å². The van der Waals surface area contributed by atoms with Gasteiger partial charge in [0.05, 0.1) is 30.2 Å². The number of carbonyl (C=O) groups excluding carboxylic acids is 1. The van der Waals surface area contributed by atoms with Crippen molar-refractivity contribution in [1.82, 2.24) is 4.31 Å². The first-order chi connectivity index (χ1) is 13.8. The highest BCUT2D eigenvalue weighted by Crippen LogP contribution is 2.70. The van der Waals surface area contributed by atoms with E-state index in [0.717, 1.165) is 30.0 Å². The van der Waals surface area contributed by atoms with Gasteiger partial charge in [-0.3, -0.25) is 4.79 Å². The van der Waals surface area contributed by atoms with Crippen LogP contribution in [-0.4, -0.2) is 47.8 Å². The standard InChI is InChI=1S/C21H34F3NO4S/c1-4-5-6-7-8-16(26)15(12-21(22,23)24)18(27)25-17-11-14-9-10-20(17,19(14,2)3)13-30(25,28)29/h14-17,26H,4-13H2,1-3H3/t14-,15+,16+,17-,20-/m0/s1. The van der Waals surface area contributed by atoms with E-state index in [9.17, 15) is 31.5 Å². The average molecular weight is 454 g/mol. The Bertz CT molecular complexity index is 767. The molecule has 174 valence electrons. The Morgan fingerprint density at radius 1 is 1.23 bits per heavy atom. The van der Waals surface area contributed by atoms with E-state index < -0.39 is 52.0 Å². The lowest BCUT2D eigenvalue weighted by Gasteiger charge is -2.37. The molecule has 9 heteroatoms. The van der Waals surface area contributed by atoms with Crippen molar-refractivity contribution in [2.45, 2.75) is 96.9 Å². The number of sulfonamides is 1. The molecule has 3 aliphatic rings. The molecule has 0 radical (unpaired) electrons. The molecule has 5 atom stereocenters. The molecular formula is C21H34F3NO4S. The van der Waals surface area contributed by atoms with Gasteiger partial charge in [-0.1, -0.05) is 46.5 Å². The first kappa shape index (κ1) is 23.8. The number of alkyl halides is 3. The van der Waals surface area contributed by atoms with Crippen molar-refractivity contribution in [3.05, 3.63) is 0 Å². The van der Waals surface area contributed by atoms with Crippen LogP contribution in [0, 0.1) is 22.7 Å². The molecule has 0 aromatic carbocycles. The van der Waals surface area contributed by atoms with Crippen molar-refractivity contribution in [3.8, 4) is 0 Å². The smallest absolute Gasteiger partial charge is 0.389 e. The van der Waals surface area contributed by atoms with Gasteiger partial charge < -0.3 is 5.11 Å². The second kappa shape index (κ2) is 7.94. The van der Waals surface area contributed by atoms with Crippen molar-refractivity contribution in [2.24, 2.45) is 22.7 Å². The predicted molar refractivity (Wildman–Crippen MR) is 107 cm³/mol. The van der Waals surface area contributed by atoms with Crippen LogP contribution >= 0.6 is 0 Å². The Morgan fingerprint density at radius 2 is 1.90 bits per heavy atom. The number of aliphatic hydroxyl groups excluding tert-OH is 1. The third-order valence-electron chi connectivity index (χ3n) is 8.21. The molecule has 3 rings (SSSR count). The molecule has 1 aliphatic heterocycles. The van der Waals surface area contributed by atoms with Crippen LogP contribution in [0.4, 0.5) is 13.2 Å². The van der Waals surface area contributed by atoms with E-state index in [0.29, 0.717) is 19.3 Å². The number of rotatable bonds is 8. The first-order valence-corrected chi connectivity index (χ1v) is 12.7. The largest absolute Gasteiger partial charge is 0.392 e. The zero-order chi connectivity index (χ0) is 22.5. The molecule has 1 N–H and O–H groups in total. The van der Waals surface area contributed by atoms with Crippen LogP contribution < -0.4 is 0 Å². The number of halogens is 3. The van der Waals surface area contributed by atoms with E-state index in [1.165, 1.54) is 0 Å². The quantitative estimate of drug-likeness (QED) is 0.558. The minimum atomic E-state index is -4.67. The molecule has 3 fully saturated rings. The van der Waals surface area contributed by atoms with E-state index >= 15 is 0 Å². The molecule has 2 bridgehead atoms. The van der Waals surface area contributed by atoms with E-state index in [1.807, 2.05) is 20.8 Å². The normalized spacial score (nSPS) is 33.5. The van der Waals surface area contributed by atoms with Crippen LogP contribution in [0.2, 0.25) is 0 Å². The highest BCUT2D eigenvalue weighted by molar-refractivity contribution is 7.90. The number of hydrogen-bond acceptors (Lipinski definition) is 4. The molecule has 2 saturated carbocycles. The maximum absolute atomic E-state index is 13.3. The number of aliphatic hydroxyl groups is 1. The SMILES string of the molecule is CCCCCC[C@@H](O)[C@@H](CC(F)(F)F)C(=O)N1[C@H]2C[C@@H]3CC[C@@]2(CS1(=O)=O)C3(C)C. The number of fused-ring (bicyclic) bond motifs is 1. The van der Waals surface area contributed by atoms with Gasteiger partial charge in [-0.25, -0.2) is 12.7 Å². The lowest BCUT2D eigenvalue weighted by molar-refractivity contribution is -0.166. The maximum Gasteiger partial charge on any atom is 0.389 e. The van der Waals surface area contributed by atoms with Crippen LogP contribution in [0.3, 0.4) is 0 Å². The second-order valence-corrected chi connectivity index (χ2v) is 11.9. The Morgan fingerprint density at radius 3 is 2.47 bits per heavy atom. The maximum atomic E-state index is 13.3. The van der Waals surface area contributed by atoms with E-state index in [1.54, 1.807) is 0 Å². The minimum Gasteiger partial charge on any atom is -0.392 e. The summed E-state index contributed by atoms with van der Waals surface area (Å²) in [6.45, 7) is 6.03. The van der Waals surface area contributed by atoms with E-state index in [4.69, 9.17) is 0 Å². The summed E-state index contributed by atoms with van der Waals surface area (Å²) >= 11 is 0. The molecular weight excluding hydrogens is 419 g/mol. The average Bonchev–Trinajstić information content (AvgIpc) is 3.09. The van der Waals surface area contributed by atoms with Crippen LogP contribution in [0.15, 0.2) is 0 Å². The zero-order valence-electron chi connectivity index (χ0n) is 18.0. The fourth-order valence-electron chi connectivity index (χ4n) is 6.36.